The molecule has 1 fully saturated rings. The number of methoxy groups -OCH3 is 3. The van der Waals surface area contributed by atoms with Crippen molar-refractivity contribution in [2.24, 2.45) is 0 Å². The number of aliphatic hydroxyl groups excluding tert-OH is 3. The van der Waals surface area contributed by atoms with Gasteiger partial charge in [0.1, 0.15) is 0 Å². The summed E-state index contributed by atoms with van der Waals surface area (Å²) in [6.07, 6.45) is 3.63. The quantitative estimate of drug-likeness (QED) is 0.454. The van der Waals surface area contributed by atoms with Crippen LogP contribution in [0.2, 0.25) is 0 Å². The molecule has 2 aromatic rings. The lowest BCUT2D eigenvalue weighted by Gasteiger charge is -2.33. The van der Waals surface area contributed by atoms with Crippen LogP contribution in [0.25, 0.3) is 12.2 Å². The predicted octanol–water partition coefficient (Wildman–Crippen LogP) is 2.95. The van der Waals surface area contributed by atoms with Gasteiger partial charge in [0.05, 0.1) is 41.2 Å². The topological polar surface area (TPSA) is 109 Å². The van der Waals surface area contributed by atoms with Gasteiger partial charge in [0.25, 0.3) is 0 Å². The number of aliphatic hydroxyl groups is 3. The number of benzene rings is 2. The SMILES string of the molecule is COc1cc(/C=C2\CN(C(C)C)C/C(=C\c3cc(CO)c(CO)c(CO)c3)C2=O)cc(OC)c1OC. The van der Waals surface area contributed by atoms with Crippen LogP contribution in [-0.4, -0.2) is 66.5 Å². The molecule has 36 heavy (non-hydrogen) atoms. The van der Waals surface area contributed by atoms with E-state index in [4.69, 9.17) is 14.2 Å². The molecular weight excluding hydrogens is 462 g/mol. The van der Waals surface area contributed by atoms with Gasteiger partial charge < -0.3 is 29.5 Å². The summed E-state index contributed by atoms with van der Waals surface area (Å²) in [6, 6.07) is 7.27. The molecule has 0 bridgehead atoms. The third-order valence-electron chi connectivity index (χ3n) is 6.39. The molecule has 3 rings (SSSR count). The Morgan fingerprint density at radius 2 is 1.28 bits per heavy atom. The lowest BCUT2D eigenvalue weighted by atomic mass is 9.92. The second-order valence-corrected chi connectivity index (χ2v) is 8.92. The fourth-order valence-corrected chi connectivity index (χ4v) is 4.41. The Kier molecular flexibility index (Phi) is 9.28. The van der Waals surface area contributed by atoms with Crippen LogP contribution in [0.15, 0.2) is 35.4 Å². The van der Waals surface area contributed by atoms with Crippen LogP contribution in [0, 0.1) is 0 Å². The molecule has 8 nitrogen and oxygen atoms in total. The van der Waals surface area contributed by atoms with Gasteiger partial charge in [0, 0.05) is 30.3 Å². The summed E-state index contributed by atoms with van der Waals surface area (Å²) >= 11 is 0. The van der Waals surface area contributed by atoms with Gasteiger partial charge in [0.15, 0.2) is 17.3 Å². The van der Waals surface area contributed by atoms with Gasteiger partial charge in [0.2, 0.25) is 5.75 Å². The molecule has 0 saturated carbocycles. The second kappa shape index (κ2) is 12.2. The number of hydrogen-bond donors (Lipinski definition) is 3. The highest BCUT2D eigenvalue weighted by molar-refractivity contribution is 6.14. The Hall–Kier alpha value is -3.17. The van der Waals surface area contributed by atoms with E-state index in [2.05, 4.69) is 18.7 Å². The van der Waals surface area contributed by atoms with Gasteiger partial charge in [-0.3, -0.25) is 9.69 Å². The van der Waals surface area contributed by atoms with Crippen molar-refractivity contribution in [2.75, 3.05) is 34.4 Å². The van der Waals surface area contributed by atoms with E-state index in [9.17, 15) is 20.1 Å². The van der Waals surface area contributed by atoms with E-state index >= 15 is 0 Å². The first-order valence-corrected chi connectivity index (χ1v) is 11.8. The highest BCUT2D eigenvalue weighted by atomic mass is 16.5. The summed E-state index contributed by atoms with van der Waals surface area (Å²) in [7, 11) is 4.63. The Morgan fingerprint density at radius 3 is 1.64 bits per heavy atom. The van der Waals surface area contributed by atoms with Crippen LogP contribution in [0.3, 0.4) is 0 Å². The molecule has 2 aromatic carbocycles. The van der Waals surface area contributed by atoms with Crippen molar-refractivity contribution in [3.63, 3.8) is 0 Å². The minimum atomic E-state index is -0.287. The first-order valence-electron chi connectivity index (χ1n) is 11.8. The first kappa shape index (κ1) is 27.4. The summed E-state index contributed by atoms with van der Waals surface area (Å²) in [4.78, 5) is 15.8. The van der Waals surface area contributed by atoms with E-state index in [1.54, 1.807) is 44.6 Å². The zero-order valence-corrected chi connectivity index (χ0v) is 21.5. The van der Waals surface area contributed by atoms with Crippen molar-refractivity contribution in [1.82, 2.24) is 4.90 Å². The van der Waals surface area contributed by atoms with Crippen LogP contribution < -0.4 is 14.2 Å². The van der Waals surface area contributed by atoms with Crippen molar-refractivity contribution in [3.8, 4) is 17.2 Å². The van der Waals surface area contributed by atoms with Crippen LogP contribution in [0.4, 0.5) is 0 Å². The molecule has 194 valence electrons. The molecule has 8 heteroatoms. The average molecular weight is 498 g/mol. The van der Waals surface area contributed by atoms with E-state index in [-0.39, 0.29) is 31.6 Å². The van der Waals surface area contributed by atoms with Crippen LogP contribution >= 0.6 is 0 Å². The maximum absolute atomic E-state index is 13.6. The molecule has 0 atom stereocenters. The van der Waals surface area contributed by atoms with Gasteiger partial charge >= 0.3 is 0 Å². The van der Waals surface area contributed by atoms with Crippen LogP contribution in [0.5, 0.6) is 17.2 Å². The van der Waals surface area contributed by atoms with E-state index in [0.717, 1.165) is 5.56 Å². The van der Waals surface area contributed by atoms with Crippen molar-refractivity contribution >= 4 is 17.9 Å². The van der Waals surface area contributed by atoms with Gasteiger partial charge in [-0.25, -0.2) is 0 Å². The summed E-state index contributed by atoms with van der Waals surface area (Å²) < 4.78 is 16.3. The standard InChI is InChI=1S/C28H35NO7/c1-17(2)29-12-20(6-18-8-22(14-30)24(16-32)23(9-18)15-31)27(33)21(13-29)7-19-10-25(34-3)28(36-5)26(11-19)35-4/h6-11,17,30-32H,12-16H2,1-5H3/b20-6+,21-7+. The summed E-state index contributed by atoms with van der Waals surface area (Å²) in [5.74, 6) is 1.40. The number of ether oxygens (including phenoxy) is 3. The number of piperidine rings is 1. The second-order valence-electron chi connectivity index (χ2n) is 8.92. The number of nitrogens with zero attached hydrogens (tertiary/aromatic N) is 1. The Bertz CT molecular complexity index is 1030. The zero-order valence-electron chi connectivity index (χ0n) is 21.5. The molecule has 0 radical (unpaired) electrons. The van der Waals surface area contributed by atoms with E-state index in [1.165, 1.54) is 7.11 Å². The minimum absolute atomic E-state index is 0.0806. The maximum atomic E-state index is 13.6. The third kappa shape index (κ3) is 5.79. The fraction of sp³-hybridized carbons (Fsp3) is 0.393. The van der Waals surface area contributed by atoms with E-state index in [0.29, 0.717) is 63.7 Å². The van der Waals surface area contributed by atoms with Crippen molar-refractivity contribution in [1.29, 1.82) is 0 Å². The lowest BCUT2D eigenvalue weighted by molar-refractivity contribution is -0.113. The van der Waals surface area contributed by atoms with Gasteiger partial charge in [-0.1, -0.05) is 0 Å². The first-order chi connectivity index (χ1) is 17.3. The number of ketones is 1. The van der Waals surface area contributed by atoms with Crippen molar-refractivity contribution in [3.05, 3.63) is 63.2 Å². The molecule has 0 amide bonds. The number of likely N-dealkylation sites (tertiary alicyclic amines) is 1. The Balaban J connectivity index is 2.09. The largest absolute Gasteiger partial charge is 0.493 e. The molecule has 0 aliphatic carbocycles. The molecule has 0 aromatic heterocycles. The normalized spacial score (nSPS) is 16.8. The highest BCUT2D eigenvalue weighted by Crippen LogP contribution is 2.39. The van der Waals surface area contributed by atoms with E-state index in [1.807, 2.05) is 6.08 Å². The molecule has 1 aliphatic rings. The highest BCUT2D eigenvalue weighted by Gasteiger charge is 2.28. The lowest BCUT2D eigenvalue weighted by Crippen LogP contribution is -2.41. The zero-order chi connectivity index (χ0) is 26.4. The molecule has 1 heterocycles. The summed E-state index contributed by atoms with van der Waals surface area (Å²) in [6.45, 7) is 4.26. The molecule has 3 N–H and O–H groups in total. The van der Waals surface area contributed by atoms with E-state index < -0.39 is 0 Å². The third-order valence-corrected chi connectivity index (χ3v) is 6.39. The van der Waals surface area contributed by atoms with Crippen molar-refractivity contribution in [2.45, 2.75) is 39.7 Å². The molecule has 0 unspecified atom stereocenters. The monoisotopic (exact) mass is 497 g/mol. The summed E-state index contributed by atoms with van der Waals surface area (Å²) in [5, 5.41) is 29.2. The summed E-state index contributed by atoms with van der Waals surface area (Å²) in [5.41, 5.74) is 4.19. The number of hydrogen-bond acceptors (Lipinski definition) is 8. The maximum Gasteiger partial charge on any atom is 0.203 e. The van der Waals surface area contributed by atoms with Crippen LogP contribution in [0.1, 0.15) is 41.7 Å². The number of rotatable bonds is 9. The van der Waals surface area contributed by atoms with Gasteiger partial charge in [-0.2, -0.15) is 0 Å². The fourth-order valence-electron chi connectivity index (χ4n) is 4.41. The van der Waals surface area contributed by atoms with Crippen molar-refractivity contribution < 1.29 is 34.3 Å². The number of Topliss-reactive ketones (excluding diaryl/α,β-unsaturated/α-hetero) is 1. The minimum Gasteiger partial charge on any atom is -0.493 e. The number of carbonyl (C=O) groups is 1. The average Bonchev–Trinajstić information content (AvgIpc) is 2.89. The molecular formula is C28H35NO7. The van der Waals surface area contributed by atoms with Gasteiger partial charge in [-0.15, -0.1) is 0 Å². The number of carbonyl (C=O) groups excluding carboxylic acids is 1. The predicted molar refractivity (Wildman–Crippen MR) is 138 cm³/mol. The molecule has 0 spiro atoms. The Morgan fingerprint density at radius 1 is 0.806 bits per heavy atom. The smallest absolute Gasteiger partial charge is 0.203 e. The van der Waals surface area contributed by atoms with Crippen LogP contribution in [-0.2, 0) is 24.6 Å². The Labute approximate surface area is 212 Å². The molecule has 1 aliphatic heterocycles. The van der Waals surface area contributed by atoms with Gasteiger partial charge in [-0.05, 0) is 78.1 Å². The molecule has 1 saturated heterocycles.